The van der Waals surface area contributed by atoms with E-state index in [0.717, 1.165) is 41.2 Å². The minimum absolute atomic E-state index is 0.235. The first-order valence-electron chi connectivity index (χ1n) is 10.5. The van der Waals surface area contributed by atoms with Crippen LogP contribution < -0.4 is 4.74 Å². The summed E-state index contributed by atoms with van der Waals surface area (Å²) < 4.78 is 15.1. The Kier molecular flexibility index (Phi) is 5.36. The molecular weight excluding hydrogens is 422 g/mol. The van der Waals surface area contributed by atoms with Gasteiger partial charge in [0.25, 0.3) is 10.7 Å². The molecule has 0 aliphatic rings. The summed E-state index contributed by atoms with van der Waals surface area (Å²) in [6.45, 7) is 3.69. The van der Waals surface area contributed by atoms with Crippen molar-refractivity contribution in [1.82, 2.24) is 24.5 Å². The van der Waals surface area contributed by atoms with Crippen molar-refractivity contribution in [3.8, 4) is 28.6 Å². The monoisotopic (exact) mass is 445 g/mol. The van der Waals surface area contributed by atoms with E-state index >= 15 is 0 Å². The first-order chi connectivity index (χ1) is 15.7. The van der Waals surface area contributed by atoms with Crippen molar-refractivity contribution in [2.45, 2.75) is 26.4 Å². The predicted octanol–water partition coefficient (Wildman–Crippen LogP) is 5.68. The molecule has 0 amide bonds. The summed E-state index contributed by atoms with van der Waals surface area (Å²) in [6, 6.07) is 18.4. The van der Waals surface area contributed by atoms with Crippen molar-refractivity contribution in [3.05, 3.63) is 71.2 Å². The number of aromatic nitrogens is 5. The van der Waals surface area contributed by atoms with Gasteiger partial charge in [0, 0.05) is 29.2 Å². The van der Waals surface area contributed by atoms with Gasteiger partial charge in [-0.3, -0.25) is 4.68 Å². The standard InChI is InChI=1S/C24H23N5O2S/c1-3-12-28-15-19(18-6-4-5-7-21(18)28)20-13-22(23-25-26-24(32)31-23)29(27-20)14-16-8-10-17(30-2)11-9-16/h4-11,13,15H,3,12,14H2,1-2H3,(H,26,32). The van der Waals surface area contributed by atoms with Crippen LogP contribution in [0, 0.1) is 4.84 Å². The second kappa shape index (κ2) is 8.47. The van der Waals surface area contributed by atoms with Crippen LogP contribution in [0.4, 0.5) is 0 Å². The topological polar surface area (TPSA) is 73.8 Å². The number of H-pyrrole nitrogens is 1. The zero-order chi connectivity index (χ0) is 22.1. The van der Waals surface area contributed by atoms with E-state index in [1.54, 1.807) is 7.11 Å². The van der Waals surface area contributed by atoms with Gasteiger partial charge in [-0.2, -0.15) is 5.10 Å². The molecule has 7 nitrogen and oxygen atoms in total. The van der Waals surface area contributed by atoms with Crippen LogP contribution in [0.1, 0.15) is 18.9 Å². The minimum Gasteiger partial charge on any atom is -0.497 e. The largest absolute Gasteiger partial charge is 0.497 e. The fourth-order valence-electron chi connectivity index (χ4n) is 3.96. The first-order valence-corrected chi connectivity index (χ1v) is 10.9. The van der Waals surface area contributed by atoms with Gasteiger partial charge in [-0.05, 0) is 48.5 Å². The molecule has 0 bridgehead atoms. The number of aryl methyl sites for hydroxylation is 1. The second-order valence-electron chi connectivity index (χ2n) is 7.59. The predicted molar refractivity (Wildman–Crippen MR) is 126 cm³/mol. The van der Waals surface area contributed by atoms with Crippen LogP contribution in [-0.4, -0.2) is 31.7 Å². The number of para-hydroxylation sites is 1. The molecule has 0 spiro atoms. The van der Waals surface area contributed by atoms with E-state index in [4.69, 9.17) is 26.5 Å². The van der Waals surface area contributed by atoms with Gasteiger partial charge in [0.15, 0.2) is 0 Å². The number of aromatic amines is 1. The number of nitrogens with zero attached hydrogens (tertiary/aromatic N) is 4. The van der Waals surface area contributed by atoms with Crippen molar-refractivity contribution in [2.75, 3.05) is 7.11 Å². The van der Waals surface area contributed by atoms with Gasteiger partial charge in [0.2, 0.25) is 0 Å². The van der Waals surface area contributed by atoms with E-state index in [-0.39, 0.29) is 4.84 Å². The number of benzene rings is 2. The van der Waals surface area contributed by atoms with E-state index in [1.165, 1.54) is 10.9 Å². The zero-order valence-corrected chi connectivity index (χ0v) is 18.7. The average Bonchev–Trinajstić information content (AvgIpc) is 3.52. The number of hydrogen-bond acceptors (Lipinski definition) is 5. The highest BCUT2D eigenvalue weighted by molar-refractivity contribution is 7.71. The molecule has 162 valence electrons. The van der Waals surface area contributed by atoms with Crippen molar-refractivity contribution in [2.24, 2.45) is 0 Å². The lowest BCUT2D eigenvalue weighted by atomic mass is 10.1. The third-order valence-corrected chi connectivity index (χ3v) is 5.63. The molecular formula is C24H23N5O2S. The molecule has 2 aromatic carbocycles. The van der Waals surface area contributed by atoms with E-state index in [1.807, 2.05) is 35.0 Å². The van der Waals surface area contributed by atoms with Gasteiger partial charge in [-0.1, -0.05) is 37.3 Å². The number of nitrogens with one attached hydrogen (secondary N) is 1. The van der Waals surface area contributed by atoms with Crippen LogP contribution in [0.5, 0.6) is 5.75 Å². The molecule has 0 fully saturated rings. The number of ether oxygens (including phenoxy) is 1. The Morgan fingerprint density at radius 1 is 1.12 bits per heavy atom. The maximum Gasteiger partial charge on any atom is 0.284 e. The summed E-state index contributed by atoms with van der Waals surface area (Å²) in [5.74, 6) is 1.23. The third kappa shape index (κ3) is 3.73. The highest BCUT2D eigenvalue weighted by Crippen LogP contribution is 2.33. The van der Waals surface area contributed by atoms with Crippen molar-refractivity contribution < 1.29 is 9.15 Å². The molecule has 0 radical (unpaired) electrons. The van der Waals surface area contributed by atoms with E-state index in [0.29, 0.717) is 12.4 Å². The highest BCUT2D eigenvalue weighted by Gasteiger charge is 2.19. The average molecular weight is 446 g/mol. The van der Waals surface area contributed by atoms with Gasteiger partial charge >= 0.3 is 0 Å². The molecule has 0 atom stereocenters. The van der Waals surface area contributed by atoms with Gasteiger partial charge in [-0.15, -0.1) is 5.10 Å². The molecule has 1 N–H and O–H groups in total. The van der Waals surface area contributed by atoms with Gasteiger partial charge in [-0.25, -0.2) is 5.10 Å². The summed E-state index contributed by atoms with van der Waals surface area (Å²) in [4.78, 5) is 0.235. The summed E-state index contributed by atoms with van der Waals surface area (Å²) in [7, 11) is 1.66. The maximum atomic E-state index is 5.63. The Morgan fingerprint density at radius 2 is 1.94 bits per heavy atom. The van der Waals surface area contributed by atoms with Crippen molar-refractivity contribution in [1.29, 1.82) is 0 Å². The molecule has 0 saturated heterocycles. The Bertz CT molecular complexity index is 1420. The van der Waals surface area contributed by atoms with Crippen LogP contribution >= 0.6 is 12.2 Å². The molecule has 5 rings (SSSR count). The fraction of sp³-hybridized carbons (Fsp3) is 0.208. The lowest BCUT2D eigenvalue weighted by Crippen LogP contribution is -2.04. The Labute approximate surface area is 190 Å². The van der Waals surface area contributed by atoms with Crippen LogP contribution in [0.2, 0.25) is 0 Å². The molecule has 0 aliphatic heterocycles. The fourth-order valence-corrected chi connectivity index (χ4v) is 4.09. The summed E-state index contributed by atoms with van der Waals surface area (Å²) in [5, 5.41) is 13.1. The van der Waals surface area contributed by atoms with E-state index in [9.17, 15) is 0 Å². The Balaban J connectivity index is 1.63. The normalized spacial score (nSPS) is 11.3. The second-order valence-corrected chi connectivity index (χ2v) is 7.96. The lowest BCUT2D eigenvalue weighted by Gasteiger charge is -2.06. The van der Waals surface area contributed by atoms with E-state index in [2.05, 4.69) is 52.2 Å². The van der Waals surface area contributed by atoms with Crippen molar-refractivity contribution in [3.63, 3.8) is 0 Å². The molecule has 0 aliphatic carbocycles. The Morgan fingerprint density at radius 3 is 2.66 bits per heavy atom. The first kappa shape index (κ1) is 20.3. The van der Waals surface area contributed by atoms with Gasteiger partial charge < -0.3 is 13.7 Å². The summed E-state index contributed by atoms with van der Waals surface area (Å²) >= 11 is 5.10. The van der Waals surface area contributed by atoms with Crippen LogP contribution in [0.3, 0.4) is 0 Å². The maximum absolute atomic E-state index is 5.63. The molecule has 0 unspecified atom stereocenters. The molecule has 5 aromatic rings. The minimum atomic E-state index is 0.235. The quantitative estimate of drug-likeness (QED) is 0.326. The molecule has 8 heteroatoms. The number of fused-ring (bicyclic) bond motifs is 1. The van der Waals surface area contributed by atoms with Crippen LogP contribution in [-0.2, 0) is 13.1 Å². The smallest absolute Gasteiger partial charge is 0.284 e. The number of hydrogen-bond donors (Lipinski definition) is 1. The van der Waals surface area contributed by atoms with Gasteiger partial charge in [0.05, 0.1) is 19.3 Å². The van der Waals surface area contributed by atoms with E-state index < -0.39 is 0 Å². The molecule has 3 aromatic heterocycles. The van der Waals surface area contributed by atoms with Crippen LogP contribution in [0.25, 0.3) is 33.7 Å². The SMILES string of the molecule is CCCn1cc(-c2cc(-c3n[nH]c(=S)o3)n(Cc3ccc(OC)cc3)n2)c2ccccc21. The number of rotatable bonds is 7. The van der Waals surface area contributed by atoms with Gasteiger partial charge in [0.1, 0.15) is 11.4 Å². The molecule has 0 saturated carbocycles. The molecule has 3 heterocycles. The van der Waals surface area contributed by atoms with Crippen LogP contribution in [0.15, 0.2) is 65.2 Å². The highest BCUT2D eigenvalue weighted by atomic mass is 32.1. The summed E-state index contributed by atoms with van der Waals surface area (Å²) in [5.41, 5.74) is 4.99. The van der Waals surface area contributed by atoms with Crippen molar-refractivity contribution >= 4 is 23.1 Å². The lowest BCUT2D eigenvalue weighted by molar-refractivity contribution is 0.414. The zero-order valence-electron chi connectivity index (χ0n) is 17.9. The number of methoxy groups -OCH3 is 1. The Hall–Kier alpha value is -3.65. The summed E-state index contributed by atoms with van der Waals surface area (Å²) in [6.07, 6.45) is 3.24. The third-order valence-electron chi connectivity index (χ3n) is 5.46. The molecule has 32 heavy (non-hydrogen) atoms.